The van der Waals surface area contributed by atoms with E-state index in [1.54, 1.807) is 7.11 Å². The Kier molecular flexibility index (Phi) is 4.11. The van der Waals surface area contributed by atoms with E-state index in [0.717, 1.165) is 0 Å². The van der Waals surface area contributed by atoms with Crippen LogP contribution in [0.3, 0.4) is 0 Å². The summed E-state index contributed by atoms with van der Waals surface area (Å²) in [7, 11) is -2.22. The van der Waals surface area contributed by atoms with Gasteiger partial charge in [-0.05, 0) is 12.1 Å². The van der Waals surface area contributed by atoms with Gasteiger partial charge in [0.1, 0.15) is 17.3 Å². The van der Waals surface area contributed by atoms with Crippen molar-refractivity contribution in [3.8, 4) is 5.75 Å². The molecule has 6 nitrogen and oxygen atoms in total. The standard InChI is InChI=1S/C9H14N2O4S/c1-14-4-5-15-7-2-3-9(8(10)6-7)16(11,12)13/h2-3,6H,4-5,10H2,1H3,(H2,11,12,13). The Morgan fingerprint density at radius 2 is 2.00 bits per heavy atom. The Balaban J connectivity index is 2.83. The van der Waals surface area contributed by atoms with Gasteiger partial charge in [-0.2, -0.15) is 0 Å². The second-order valence-electron chi connectivity index (χ2n) is 3.09. The van der Waals surface area contributed by atoms with Crippen LogP contribution in [-0.4, -0.2) is 28.7 Å². The first-order valence-corrected chi connectivity index (χ1v) is 6.04. The van der Waals surface area contributed by atoms with Gasteiger partial charge in [-0.15, -0.1) is 0 Å². The first kappa shape index (κ1) is 12.8. The molecule has 4 N–H and O–H groups in total. The van der Waals surface area contributed by atoms with Crippen molar-refractivity contribution in [3.05, 3.63) is 18.2 Å². The highest BCUT2D eigenvalue weighted by atomic mass is 32.2. The number of anilines is 1. The minimum absolute atomic E-state index is 0.0671. The summed E-state index contributed by atoms with van der Waals surface area (Å²) < 4.78 is 32.2. The number of methoxy groups -OCH3 is 1. The molecule has 0 aromatic heterocycles. The number of ether oxygens (including phenoxy) is 2. The Bertz CT molecular complexity index is 459. The molecule has 0 saturated carbocycles. The van der Waals surface area contributed by atoms with Crippen LogP contribution in [0, 0.1) is 0 Å². The van der Waals surface area contributed by atoms with Crippen LogP contribution in [0.15, 0.2) is 23.1 Å². The third-order valence-electron chi connectivity index (χ3n) is 1.84. The fourth-order valence-electron chi connectivity index (χ4n) is 1.12. The fourth-order valence-corrected chi connectivity index (χ4v) is 1.76. The fraction of sp³-hybridized carbons (Fsp3) is 0.333. The van der Waals surface area contributed by atoms with E-state index in [2.05, 4.69) is 0 Å². The summed E-state index contributed by atoms with van der Waals surface area (Å²) in [6.07, 6.45) is 0. The predicted octanol–water partition coefficient (Wildman–Crippen LogP) is -0.0586. The topological polar surface area (TPSA) is 105 Å². The summed E-state index contributed by atoms with van der Waals surface area (Å²) in [6.45, 7) is 0.807. The molecule has 90 valence electrons. The maximum Gasteiger partial charge on any atom is 0.240 e. The van der Waals surface area contributed by atoms with Crippen molar-refractivity contribution in [2.45, 2.75) is 4.90 Å². The molecule has 1 rings (SSSR count). The van der Waals surface area contributed by atoms with Crippen molar-refractivity contribution >= 4 is 15.7 Å². The summed E-state index contributed by atoms with van der Waals surface area (Å²) in [6, 6.07) is 4.22. The van der Waals surface area contributed by atoms with Gasteiger partial charge >= 0.3 is 0 Å². The Morgan fingerprint density at radius 1 is 1.31 bits per heavy atom. The average molecular weight is 246 g/mol. The zero-order chi connectivity index (χ0) is 12.2. The molecule has 0 aliphatic carbocycles. The summed E-state index contributed by atoms with van der Waals surface area (Å²) in [5, 5.41) is 4.96. The molecule has 0 unspecified atom stereocenters. The van der Waals surface area contributed by atoms with Gasteiger partial charge in [-0.3, -0.25) is 0 Å². The van der Waals surface area contributed by atoms with E-state index in [-0.39, 0.29) is 10.6 Å². The van der Waals surface area contributed by atoms with E-state index in [1.165, 1.54) is 18.2 Å². The summed E-state index contributed by atoms with van der Waals surface area (Å²) in [5.41, 5.74) is 5.61. The van der Waals surface area contributed by atoms with Gasteiger partial charge in [0.05, 0.1) is 12.3 Å². The van der Waals surface area contributed by atoms with Crippen LogP contribution in [-0.2, 0) is 14.8 Å². The molecule has 0 heterocycles. The molecular formula is C9H14N2O4S. The van der Waals surface area contributed by atoms with Crippen molar-refractivity contribution in [3.63, 3.8) is 0 Å². The van der Waals surface area contributed by atoms with Crippen molar-refractivity contribution in [1.29, 1.82) is 0 Å². The number of nitrogens with two attached hydrogens (primary N) is 2. The van der Waals surface area contributed by atoms with E-state index in [4.69, 9.17) is 20.3 Å². The number of rotatable bonds is 5. The van der Waals surface area contributed by atoms with Crippen LogP contribution in [0.4, 0.5) is 5.69 Å². The lowest BCUT2D eigenvalue weighted by atomic mass is 10.3. The highest BCUT2D eigenvalue weighted by Gasteiger charge is 2.12. The van der Waals surface area contributed by atoms with Crippen molar-refractivity contribution in [2.24, 2.45) is 5.14 Å². The van der Waals surface area contributed by atoms with Crippen LogP contribution in [0.2, 0.25) is 0 Å². The predicted molar refractivity (Wildman–Crippen MR) is 59.6 cm³/mol. The van der Waals surface area contributed by atoms with Crippen molar-refractivity contribution in [1.82, 2.24) is 0 Å². The molecule has 0 fully saturated rings. The molecule has 16 heavy (non-hydrogen) atoms. The SMILES string of the molecule is COCCOc1ccc(S(N)(=O)=O)c(N)c1. The number of nitrogen functional groups attached to an aromatic ring is 1. The maximum atomic E-state index is 11.1. The maximum absolute atomic E-state index is 11.1. The Hall–Kier alpha value is -1.31. The lowest BCUT2D eigenvalue weighted by molar-refractivity contribution is 0.146. The van der Waals surface area contributed by atoms with Gasteiger partial charge in [0.25, 0.3) is 0 Å². The van der Waals surface area contributed by atoms with E-state index < -0.39 is 10.0 Å². The molecule has 0 bridgehead atoms. The second kappa shape index (κ2) is 5.15. The number of primary sulfonamides is 1. The van der Waals surface area contributed by atoms with Gasteiger partial charge < -0.3 is 15.2 Å². The molecule has 0 radical (unpaired) electrons. The van der Waals surface area contributed by atoms with Gasteiger partial charge in [0, 0.05) is 13.2 Å². The normalized spacial score (nSPS) is 11.4. The van der Waals surface area contributed by atoms with Crippen LogP contribution in [0.1, 0.15) is 0 Å². The van der Waals surface area contributed by atoms with Crippen LogP contribution < -0.4 is 15.6 Å². The molecular weight excluding hydrogens is 232 g/mol. The molecule has 1 aromatic carbocycles. The van der Waals surface area contributed by atoms with Gasteiger partial charge in [-0.1, -0.05) is 0 Å². The first-order valence-electron chi connectivity index (χ1n) is 4.49. The molecule has 0 aliphatic heterocycles. The lowest BCUT2D eigenvalue weighted by Crippen LogP contribution is -2.14. The van der Waals surface area contributed by atoms with E-state index in [0.29, 0.717) is 19.0 Å². The second-order valence-corrected chi connectivity index (χ2v) is 4.62. The number of benzene rings is 1. The molecule has 0 saturated heterocycles. The van der Waals surface area contributed by atoms with Gasteiger partial charge in [0.15, 0.2) is 0 Å². The molecule has 0 aliphatic rings. The summed E-state index contributed by atoms with van der Waals surface area (Å²) in [5.74, 6) is 0.474. The lowest BCUT2D eigenvalue weighted by Gasteiger charge is -2.08. The Morgan fingerprint density at radius 3 is 2.50 bits per heavy atom. The zero-order valence-corrected chi connectivity index (χ0v) is 9.66. The highest BCUT2D eigenvalue weighted by Crippen LogP contribution is 2.22. The van der Waals surface area contributed by atoms with E-state index in [9.17, 15) is 8.42 Å². The quantitative estimate of drug-likeness (QED) is 0.559. The third kappa shape index (κ3) is 3.37. The largest absolute Gasteiger partial charge is 0.491 e. The van der Waals surface area contributed by atoms with Crippen LogP contribution >= 0.6 is 0 Å². The van der Waals surface area contributed by atoms with Crippen LogP contribution in [0.25, 0.3) is 0 Å². The summed E-state index contributed by atoms with van der Waals surface area (Å²) >= 11 is 0. The highest BCUT2D eigenvalue weighted by molar-refractivity contribution is 7.89. The van der Waals surface area contributed by atoms with Crippen molar-refractivity contribution in [2.75, 3.05) is 26.1 Å². The van der Waals surface area contributed by atoms with Crippen LogP contribution in [0.5, 0.6) is 5.75 Å². The minimum atomic E-state index is -3.78. The monoisotopic (exact) mass is 246 g/mol. The molecule has 0 spiro atoms. The number of hydrogen-bond donors (Lipinski definition) is 2. The molecule has 0 atom stereocenters. The number of hydrogen-bond acceptors (Lipinski definition) is 5. The third-order valence-corrected chi connectivity index (χ3v) is 2.83. The molecule has 0 amide bonds. The zero-order valence-electron chi connectivity index (χ0n) is 8.84. The average Bonchev–Trinajstić information content (AvgIpc) is 2.16. The van der Waals surface area contributed by atoms with E-state index >= 15 is 0 Å². The first-order chi connectivity index (χ1) is 7.45. The molecule has 7 heteroatoms. The van der Waals surface area contributed by atoms with Gasteiger partial charge in [0.2, 0.25) is 10.0 Å². The molecule has 1 aromatic rings. The van der Waals surface area contributed by atoms with Gasteiger partial charge in [-0.25, -0.2) is 13.6 Å². The smallest absolute Gasteiger partial charge is 0.240 e. The number of sulfonamides is 1. The van der Waals surface area contributed by atoms with Crippen molar-refractivity contribution < 1.29 is 17.9 Å². The Labute approximate surface area is 94.2 Å². The van der Waals surface area contributed by atoms with E-state index in [1.807, 2.05) is 0 Å². The summed E-state index contributed by atoms with van der Waals surface area (Å²) in [4.78, 5) is -0.105. The minimum Gasteiger partial charge on any atom is -0.491 e.